The Hall–Kier alpha value is -2.97. The molecule has 4 aromatic rings. The van der Waals surface area contributed by atoms with Crippen molar-refractivity contribution in [3.05, 3.63) is 80.9 Å². The molecule has 0 radical (unpaired) electrons. The van der Waals surface area contributed by atoms with E-state index < -0.39 is 0 Å². The second-order valence-electron chi connectivity index (χ2n) is 6.98. The molecule has 29 heavy (non-hydrogen) atoms. The molecule has 1 aliphatic heterocycles. The minimum absolute atomic E-state index is 0.00835. The van der Waals surface area contributed by atoms with Crippen molar-refractivity contribution in [2.75, 3.05) is 6.54 Å². The molecule has 0 bridgehead atoms. The lowest BCUT2D eigenvalue weighted by atomic mass is 10.1. The fourth-order valence-corrected chi connectivity index (χ4v) is 3.92. The predicted molar refractivity (Wildman–Crippen MR) is 111 cm³/mol. The third-order valence-corrected chi connectivity index (χ3v) is 5.53. The van der Waals surface area contributed by atoms with Crippen LogP contribution in [0.1, 0.15) is 16.8 Å². The van der Waals surface area contributed by atoms with Crippen LogP contribution in [-0.4, -0.2) is 31.4 Å². The van der Waals surface area contributed by atoms with Crippen molar-refractivity contribution in [2.24, 2.45) is 0 Å². The SMILES string of the molecule is O=c1c(CN2CCc3nc(-c4cncnc4)ncc3C2)coc2ccc(Br)cc12. The van der Waals surface area contributed by atoms with E-state index in [4.69, 9.17) is 4.42 Å². The number of halogens is 1. The van der Waals surface area contributed by atoms with Crippen LogP contribution < -0.4 is 5.43 Å². The third kappa shape index (κ3) is 3.56. The number of fused-ring (bicyclic) bond motifs is 2. The third-order valence-electron chi connectivity index (χ3n) is 5.03. The van der Waals surface area contributed by atoms with E-state index in [-0.39, 0.29) is 5.43 Å². The minimum Gasteiger partial charge on any atom is -0.464 e. The summed E-state index contributed by atoms with van der Waals surface area (Å²) < 4.78 is 6.53. The number of hydrogen-bond donors (Lipinski definition) is 0. The lowest BCUT2D eigenvalue weighted by Crippen LogP contribution is -2.32. The first-order valence-corrected chi connectivity index (χ1v) is 9.99. The molecule has 7 nitrogen and oxygen atoms in total. The van der Waals surface area contributed by atoms with Crippen molar-refractivity contribution >= 4 is 26.9 Å². The molecule has 0 aliphatic carbocycles. The largest absolute Gasteiger partial charge is 0.464 e. The quantitative estimate of drug-likeness (QED) is 0.473. The van der Waals surface area contributed by atoms with Gasteiger partial charge < -0.3 is 4.42 Å². The van der Waals surface area contributed by atoms with Crippen LogP contribution in [0.2, 0.25) is 0 Å². The highest BCUT2D eigenvalue weighted by molar-refractivity contribution is 9.10. The summed E-state index contributed by atoms with van der Waals surface area (Å²) >= 11 is 3.42. The van der Waals surface area contributed by atoms with Gasteiger partial charge in [0.1, 0.15) is 11.9 Å². The van der Waals surface area contributed by atoms with Gasteiger partial charge in [-0.25, -0.2) is 19.9 Å². The van der Waals surface area contributed by atoms with Crippen LogP contribution >= 0.6 is 15.9 Å². The van der Waals surface area contributed by atoms with Crippen LogP contribution in [-0.2, 0) is 19.5 Å². The summed E-state index contributed by atoms with van der Waals surface area (Å²) in [5, 5.41) is 0.590. The van der Waals surface area contributed by atoms with Gasteiger partial charge in [-0.1, -0.05) is 15.9 Å². The van der Waals surface area contributed by atoms with E-state index in [0.717, 1.165) is 34.3 Å². The zero-order valence-electron chi connectivity index (χ0n) is 15.4. The molecule has 4 heterocycles. The van der Waals surface area contributed by atoms with Gasteiger partial charge >= 0.3 is 0 Å². The number of nitrogens with zero attached hydrogens (tertiary/aromatic N) is 5. The van der Waals surface area contributed by atoms with E-state index in [2.05, 4.69) is 40.8 Å². The van der Waals surface area contributed by atoms with Crippen molar-refractivity contribution in [3.63, 3.8) is 0 Å². The van der Waals surface area contributed by atoms with Gasteiger partial charge in [0.2, 0.25) is 0 Å². The second kappa shape index (κ2) is 7.46. The van der Waals surface area contributed by atoms with Crippen LogP contribution in [0.25, 0.3) is 22.4 Å². The van der Waals surface area contributed by atoms with Crippen LogP contribution in [0.5, 0.6) is 0 Å². The molecule has 3 aromatic heterocycles. The fraction of sp³-hybridized carbons (Fsp3) is 0.190. The highest BCUT2D eigenvalue weighted by Gasteiger charge is 2.20. The Balaban J connectivity index is 1.38. The van der Waals surface area contributed by atoms with Gasteiger partial charge in [0.25, 0.3) is 0 Å². The van der Waals surface area contributed by atoms with Gasteiger partial charge in [0, 0.05) is 60.2 Å². The first-order chi connectivity index (χ1) is 14.2. The predicted octanol–water partition coefficient (Wildman–Crippen LogP) is 3.36. The van der Waals surface area contributed by atoms with Gasteiger partial charge in [-0.3, -0.25) is 9.69 Å². The highest BCUT2D eigenvalue weighted by Crippen LogP contribution is 2.22. The monoisotopic (exact) mass is 449 g/mol. The molecule has 0 atom stereocenters. The highest BCUT2D eigenvalue weighted by atomic mass is 79.9. The Kier molecular flexibility index (Phi) is 4.65. The van der Waals surface area contributed by atoms with E-state index in [9.17, 15) is 4.79 Å². The van der Waals surface area contributed by atoms with Crippen molar-refractivity contribution < 1.29 is 4.42 Å². The summed E-state index contributed by atoms with van der Waals surface area (Å²) in [5.74, 6) is 0.638. The Bertz CT molecular complexity index is 1260. The fourth-order valence-electron chi connectivity index (χ4n) is 3.56. The first-order valence-electron chi connectivity index (χ1n) is 9.20. The number of aromatic nitrogens is 4. The molecule has 0 spiro atoms. The Morgan fingerprint density at radius 2 is 2.03 bits per heavy atom. The molecule has 0 unspecified atom stereocenters. The van der Waals surface area contributed by atoms with Gasteiger partial charge in [-0.05, 0) is 18.2 Å². The number of benzene rings is 1. The maximum Gasteiger partial charge on any atom is 0.197 e. The average molecular weight is 450 g/mol. The Morgan fingerprint density at radius 3 is 2.90 bits per heavy atom. The van der Waals surface area contributed by atoms with Gasteiger partial charge in [-0.2, -0.15) is 0 Å². The molecule has 0 saturated heterocycles. The zero-order chi connectivity index (χ0) is 19.8. The maximum atomic E-state index is 12.9. The zero-order valence-corrected chi connectivity index (χ0v) is 17.0. The van der Waals surface area contributed by atoms with E-state index in [0.29, 0.717) is 35.4 Å². The summed E-state index contributed by atoms with van der Waals surface area (Å²) in [6, 6.07) is 5.47. The molecule has 8 heteroatoms. The van der Waals surface area contributed by atoms with Gasteiger partial charge in [-0.15, -0.1) is 0 Å². The van der Waals surface area contributed by atoms with E-state index in [1.54, 1.807) is 30.8 Å². The summed E-state index contributed by atoms with van der Waals surface area (Å²) in [7, 11) is 0. The summed E-state index contributed by atoms with van der Waals surface area (Å²) in [6.45, 7) is 2.03. The summed E-state index contributed by atoms with van der Waals surface area (Å²) in [4.78, 5) is 32.3. The molecular weight excluding hydrogens is 434 g/mol. The lowest BCUT2D eigenvalue weighted by molar-refractivity contribution is 0.240. The maximum absolute atomic E-state index is 12.9. The molecule has 1 aromatic carbocycles. The topological polar surface area (TPSA) is 85.0 Å². The van der Waals surface area contributed by atoms with Gasteiger partial charge in [0.15, 0.2) is 11.3 Å². The summed E-state index contributed by atoms with van der Waals surface area (Å²) in [6.07, 6.45) is 9.13. The van der Waals surface area contributed by atoms with E-state index in [1.165, 1.54) is 6.33 Å². The standard InChI is InChI=1S/C21H16BrN5O2/c22-16-1-2-19-17(5-16)20(28)15(11-29-19)10-27-4-3-18-14(9-27)8-25-21(26-18)13-6-23-12-24-7-13/h1-2,5-8,11-12H,3-4,9-10H2. The van der Waals surface area contributed by atoms with Gasteiger partial charge in [0.05, 0.1) is 22.9 Å². The van der Waals surface area contributed by atoms with Crippen molar-refractivity contribution in [3.8, 4) is 11.4 Å². The molecular formula is C21H16BrN5O2. The van der Waals surface area contributed by atoms with Crippen LogP contribution in [0.3, 0.4) is 0 Å². The average Bonchev–Trinajstić information content (AvgIpc) is 2.76. The van der Waals surface area contributed by atoms with Crippen molar-refractivity contribution in [2.45, 2.75) is 19.5 Å². The minimum atomic E-state index is 0.00835. The molecule has 5 rings (SSSR count). The molecule has 144 valence electrons. The number of hydrogen-bond acceptors (Lipinski definition) is 7. The molecule has 0 amide bonds. The molecule has 0 saturated carbocycles. The lowest BCUT2D eigenvalue weighted by Gasteiger charge is -2.27. The van der Waals surface area contributed by atoms with Crippen LogP contribution in [0, 0.1) is 0 Å². The molecule has 0 fully saturated rings. The Labute approximate surface area is 174 Å². The van der Waals surface area contributed by atoms with Crippen molar-refractivity contribution in [1.82, 2.24) is 24.8 Å². The second-order valence-corrected chi connectivity index (χ2v) is 7.90. The van der Waals surface area contributed by atoms with E-state index in [1.807, 2.05) is 12.3 Å². The van der Waals surface area contributed by atoms with Crippen molar-refractivity contribution in [1.29, 1.82) is 0 Å². The van der Waals surface area contributed by atoms with Crippen LogP contribution in [0.15, 0.2) is 63.1 Å². The van der Waals surface area contributed by atoms with Crippen LogP contribution in [0.4, 0.5) is 0 Å². The number of rotatable bonds is 3. The normalized spacial score (nSPS) is 14.1. The summed E-state index contributed by atoms with van der Waals surface area (Å²) in [5.41, 5.74) is 4.16. The smallest absolute Gasteiger partial charge is 0.197 e. The Morgan fingerprint density at radius 1 is 1.17 bits per heavy atom. The van der Waals surface area contributed by atoms with E-state index >= 15 is 0 Å². The first kappa shape index (κ1) is 18.1. The molecule has 1 aliphatic rings. The molecule has 0 N–H and O–H groups in total.